The minimum Gasteiger partial charge on any atom is -0.395 e. The van der Waals surface area contributed by atoms with Crippen LogP contribution in [0.4, 0.5) is 0 Å². The predicted molar refractivity (Wildman–Crippen MR) is 57.6 cm³/mol. The van der Waals surface area contributed by atoms with E-state index in [1.54, 1.807) is 11.8 Å². The molecule has 1 atom stereocenters. The van der Waals surface area contributed by atoms with Gasteiger partial charge in [0.15, 0.2) is 0 Å². The van der Waals surface area contributed by atoms with Gasteiger partial charge in [0.05, 0.1) is 6.61 Å². The van der Waals surface area contributed by atoms with Crippen molar-refractivity contribution in [3.63, 3.8) is 0 Å². The van der Waals surface area contributed by atoms with Crippen LogP contribution in [0.5, 0.6) is 0 Å². The van der Waals surface area contributed by atoms with Gasteiger partial charge < -0.3 is 5.11 Å². The van der Waals surface area contributed by atoms with Crippen molar-refractivity contribution in [3.05, 3.63) is 12.7 Å². The van der Waals surface area contributed by atoms with Gasteiger partial charge in [0.1, 0.15) is 0 Å². The van der Waals surface area contributed by atoms with Gasteiger partial charge in [-0.2, -0.15) is 11.8 Å². The Hall–Kier alpha value is 0.0500. The van der Waals surface area contributed by atoms with Gasteiger partial charge >= 0.3 is 0 Å². The van der Waals surface area contributed by atoms with Gasteiger partial charge in [-0.1, -0.05) is 26.8 Å². The van der Waals surface area contributed by atoms with E-state index in [2.05, 4.69) is 27.4 Å². The molecule has 0 aromatic heterocycles. The predicted octanol–water partition coefficient (Wildman–Crippen LogP) is 2.70. The molecule has 0 saturated carbocycles. The van der Waals surface area contributed by atoms with Crippen molar-refractivity contribution < 1.29 is 5.11 Å². The quantitative estimate of drug-likeness (QED) is 0.669. The van der Waals surface area contributed by atoms with E-state index in [1.165, 1.54) is 6.42 Å². The van der Waals surface area contributed by atoms with E-state index in [9.17, 15) is 0 Å². The van der Waals surface area contributed by atoms with E-state index in [0.29, 0.717) is 5.41 Å². The van der Waals surface area contributed by atoms with Crippen molar-refractivity contribution in [3.8, 4) is 0 Å². The van der Waals surface area contributed by atoms with Crippen LogP contribution in [-0.4, -0.2) is 22.7 Å². The van der Waals surface area contributed by atoms with Gasteiger partial charge in [-0.25, -0.2) is 0 Å². The second kappa shape index (κ2) is 5.65. The summed E-state index contributed by atoms with van der Waals surface area (Å²) in [7, 11) is 0. The first-order valence-electron chi connectivity index (χ1n) is 4.34. The summed E-state index contributed by atoms with van der Waals surface area (Å²) in [6, 6.07) is 0. The molecule has 0 aliphatic carbocycles. The monoisotopic (exact) mass is 188 g/mol. The fraction of sp³-hybridized carbons (Fsp3) is 0.800. The average molecular weight is 188 g/mol. The van der Waals surface area contributed by atoms with Crippen molar-refractivity contribution in [2.75, 3.05) is 12.4 Å². The summed E-state index contributed by atoms with van der Waals surface area (Å²) in [5.41, 5.74) is 0.397. The molecule has 2 heteroatoms. The molecule has 0 radical (unpaired) electrons. The Bertz CT molecular complexity index is 126. The van der Waals surface area contributed by atoms with E-state index in [4.69, 9.17) is 5.11 Å². The molecule has 0 saturated heterocycles. The van der Waals surface area contributed by atoms with Gasteiger partial charge in [-0.3, -0.25) is 0 Å². The minimum absolute atomic E-state index is 0.207. The number of thioether (sulfide) groups is 1. The average Bonchev–Trinajstić information content (AvgIpc) is 1.96. The van der Waals surface area contributed by atoms with Crippen molar-refractivity contribution >= 4 is 11.8 Å². The molecular formula is C10H20OS. The lowest BCUT2D eigenvalue weighted by atomic mass is 9.94. The van der Waals surface area contributed by atoms with Crippen LogP contribution in [0.3, 0.4) is 0 Å². The van der Waals surface area contributed by atoms with Crippen LogP contribution in [0.25, 0.3) is 0 Å². The highest BCUT2D eigenvalue weighted by atomic mass is 32.2. The highest BCUT2D eigenvalue weighted by molar-refractivity contribution is 8.00. The topological polar surface area (TPSA) is 20.2 Å². The summed E-state index contributed by atoms with van der Waals surface area (Å²) in [6.45, 7) is 10.6. The van der Waals surface area contributed by atoms with E-state index >= 15 is 0 Å². The molecular weight excluding hydrogens is 168 g/mol. The second-order valence-electron chi connectivity index (χ2n) is 4.14. The molecule has 0 aliphatic heterocycles. The van der Waals surface area contributed by atoms with Gasteiger partial charge in [0, 0.05) is 5.25 Å². The van der Waals surface area contributed by atoms with Crippen molar-refractivity contribution in [2.45, 2.75) is 32.4 Å². The van der Waals surface area contributed by atoms with Crippen LogP contribution in [0.2, 0.25) is 0 Å². The van der Waals surface area contributed by atoms with Crippen molar-refractivity contribution in [2.24, 2.45) is 5.41 Å². The van der Waals surface area contributed by atoms with Crippen LogP contribution in [0.1, 0.15) is 27.2 Å². The third kappa shape index (κ3) is 6.74. The lowest BCUT2D eigenvalue weighted by Gasteiger charge is -2.18. The summed E-state index contributed by atoms with van der Waals surface area (Å²) in [4.78, 5) is 0. The molecule has 0 amide bonds. The van der Waals surface area contributed by atoms with E-state index < -0.39 is 0 Å². The Balaban J connectivity index is 3.48. The first kappa shape index (κ1) is 12.0. The molecule has 0 heterocycles. The fourth-order valence-electron chi connectivity index (χ4n) is 0.712. The zero-order valence-electron chi connectivity index (χ0n) is 8.34. The standard InChI is InChI=1S/C10H20OS/c1-5-9(8-11)12-7-6-10(2,3)4/h5,9,11H,1,6-8H2,2-4H3. The largest absolute Gasteiger partial charge is 0.395 e. The summed E-state index contributed by atoms with van der Waals surface area (Å²) in [5.74, 6) is 1.10. The number of aliphatic hydroxyl groups is 1. The van der Waals surface area contributed by atoms with Gasteiger partial charge in [-0.05, 0) is 17.6 Å². The number of aliphatic hydroxyl groups excluding tert-OH is 1. The summed E-state index contributed by atoms with van der Waals surface area (Å²) in [5, 5.41) is 9.08. The zero-order valence-corrected chi connectivity index (χ0v) is 9.16. The Morgan fingerprint density at radius 3 is 2.42 bits per heavy atom. The third-order valence-electron chi connectivity index (χ3n) is 1.63. The lowest BCUT2D eigenvalue weighted by molar-refractivity contribution is 0.307. The van der Waals surface area contributed by atoms with Crippen LogP contribution >= 0.6 is 11.8 Å². The van der Waals surface area contributed by atoms with Crippen molar-refractivity contribution in [1.29, 1.82) is 0 Å². The summed E-state index contributed by atoms with van der Waals surface area (Å²) in [6.07, 6.45) is 3.00. The lowest BCUT2D eigenvalue weighted by Crippen LogP contribution is -2.10. The first-order valence-corrected chi connectivity index (χ1v) is 5.39. The molecule has 0 spiro atoms. The van der Waals surface area contributed by atoms with E-state index in [0.717, 1.165) is 5.75 Å². The van der Waals surface area contributed by atoms with Gasteiger partial charge in [-0.15, -0.1) is 6.58 Å². The number of rotatable bonds is 5. The third-order valence-corrected chi connectivity index (χ3v) is 2.84. The number of hydrogen-bond donors (Lipinski definition) is 1. The molecule has 0 bridgehead atoms. The smallest absolute Gasteiger partial charge is 0.0585 e. The van der Waals surface area contributed by atoms with Gasteiger partial charge in [0.2, 0.25) is 0 Å². The summed E-state index contributed by atoms with van der Waals surface area (Å²) >= 11 is 1.78. The number of hydrogen-bond acceptors (Lipinski definition) is 2. The van der Waals surface area contributed by atoms with Crippen LogP contribution in [0, 0.1) is 5.41 Å². The maximum Gasteiger partial charge on any atom is 0.0585 e. The van der Waals surface area contributed by atoms with E-state index in [-0.39, 0.29) is 11.9 Å². The van der Waals surface area contributed by atoms with Crippen LogP contribution in [-0.2, 0) is 0 Å². The highest BCUT2D eigenvalue weighted by Crippen LogP contribution is 2.23. The normalized spacial score (nSPS) is 14.3. The van der Waals surface area contributed by atoms with Crippen LogP contribution in [0.15, 0.2) is 12.7 Å². The first-order chi connectivity index (χ1) is 5.49. The molecule has 1 unspecified atom stereocenters. The molecule has 72 valence electrons. The Labute approximate surface area is 80.3 Å². The van der Waals surface area contributed by atoms with E-state index in [1.807, 2.05) is 6.08 Å². The molecule has 1 N–H and O–H groups in total. The maximum absolute atomic E-state index is 8.86. The highest BCUT2D eigenvalue weighted by Gasteiger charge is 2.11. The van der Waals surface area contributed by atoms with Gasteiger partial charge in [0.25, 0.3) is 0 Å². The zero-order chi connectivity index (χ0) is 9.61. The molecule has 1 nitrogen and oxygen atoms in total. The molecule has 0 aliphatic rings. The minimum atomic E-state index is 0.207. The Morgan fingerprint density at radius 1 is 1.50 bits per heavy atom. The summed E-state index contributed by atoms with van der Waals surface area (Å²) < 4.78 is 0. The molecule has 12 heavy (non-hydrogen) atoms. The van der Waals surface area contributed by atoms with Crippen LogP contribution < -0.4 is 0 Å². The molecule has 0 rings (SSSR count). The maximum atomic E-state index is 8.86. The Kier molecular flexibility index (Phi) is 5.68. The molecule has 0 aromatic rings. The molecule has 0 aromatic carbocycles. The molecule has 0 fully saturated rings. The fourth-order valence-corrected chi connectivity index (χ4v) is 1.99. The second-order valence-corrected chi connectivity index (χ2v) is 5.49. The van der Waals surface area contributed by atoms with Crippen molar-refractivity contribution in [1.82, 2.24) is 0 Å². The SMILES string of the molecule is C=CC(CO)SCCC(C)(C)C. The Morgan fingerprint density at radius 2 is 2.08 bits per heavy atom.